The van der Waals surface area contributed by atoms with Crippen molar-refractivity contribution in [3.63, 3.8) is 0 Å². The van der Waals surface area contributed by atoms with Crippen molar-refractivity contribution < 1.29 is 37.3 Å². The van der Waals surface area contributed by atoms with E-state index >= 15 is 0 Å². The zero-order valence-electron chi connectivity index (χ0n) is 54.4. The van der Waals surface area contributed by atoms with E-state index in [0.29, 0.717) is 23.9 Å². The van der Waals surface area contributed by atoms with Gasteiger partial charge in [0.05, 0.1) is 33.8 Å². The van der Waals surface area contributed by atoms with E-state index in [0.717, 1.165) is 103 Å². The fourth-order valence-electron chi connectivity index (χ4n) is 9.19. The highest BCUT2D eigenvalue weighted by atomic mass is 31.2. The van der Waals surface area contributed by atoms with Gasteiger partial charge in [0, 0.05) is 12.8 Å². The molecule has 3 atom stereocenters. The molecule has 0 saturated carbocycles. The van der Waals surface area contributed by atoms with Crippen LogP contribution in [0.2, 0.25) is 0 Å². The number of amides is 1. The third-order valence-electron chi connectivity index (χ3n) is 14.4. The first-order chi connectivity index (χ1) is 40.4. The van der Waals surface area contributed by atoms with Gasteiger partial charge in [-0.25, -0.2) is 4.57 Å². The van der Waals surface area contributed by atoms with Crippen molar-refractivity contribution >= 4 is 19.7 Å². The van der Waals surface area contributed by atoms with Gasteiger partial charge in [0.15, 0.2) is 0 Å². The summed E-state index contributed by atoms with van der Waals surface area (Å²) < 4.78 is 30.7. The van der Waals surface area contributed by atoms with Crippen LogP contribution in [0.5, 0.6) is 0 Å². The molecule has 83 heavy (non-hydrogen) atoms. The number of allylic oxidation sites excluding steroid dienone is 19. The topological polar surface area (TPSA) is 111 Å². The smallest absolute Gasteiger partial charge is 0.456 e. The highest BCUT2D eigenvalue weighted by Gasteiger charge is 2.30. The largest absolute Gasteiger partial charge is 0.472 e. The van der Waals surface area contributed by atoms with Crippen LogP contribution >= 0.6 is 7.82 Å². The maximum atomic E-state index is 13.6. The van der Waals surface area contributed by atoms with Crippen LogP contribution in [0, 0.1) is 0 Å². The molecule has 0 heterocycles. The quantitative estimate of drug-likeness (QED) is 0.0205. The number of nitrogens with zero attached hydrogens (tertiary/aromatic N) is 1. The van der Waals surface area contributed by atoms with Gasteiger partial charge in [-0.3, -0.25) is 18.6 Å². The maximum Gasteiger partial charge on any atom is 0.472 e. The van der Waals surface area contributed by atoms with Crippen molar-refractivity contribution in [3.8, 4) is 0 Å². The molecule has 0 aromatic carbocycles. The lowest BCUT2D eigenvalue weighted by Crippen LogP contribution is -2.47. The number of hydrogen-bond acceptors (Lipinski definition) is 6. The number of unbranched alkanes of at least 4 members (excludes halogenated alkanes) is 26. The minimum absolute atomic E-state index is 0.0269. The van der Waals surface area contributed by atoms with Crippen LogP contribution in [-0.4, -0.2) is 74.3 Å². The second kappa shape index (κ2) is 61.5. The number of nitrogens with one attached hydrogen (secondary N) is 1. The van der Waals surface area contributed by atoms with E-state index in [9.17, 15) is 19.0 Å². The molecule has 9 nitrogen and oxygen atoms in total. The summed E-state index contributed by atoms with van der Waals surface area (Å²) in [5, 5.41) is 3.05. The molecule has 10 heteroatoms. The summed E-state index contributed by atoms with van der Waals surface area (Å²) in [5.41, 5.74) is 0. The Morgan fingerprint density at radius 2 is 0.771 bits per heavy atom. The molecule has 0 aliphatic carbocycles. The second-order valence-electron chi connectivity index (χ2n) is 23.6. The van der Waals surface area contributed by atoms with Crippen LogP contribution in [0.25, 0.3) is 0 Å². The Bertz CT molecular complexity index is 1830. The molecule has 3 unspecified atom stereocenters. The molecule has 0 radical (unpaired) electrons. The SMILES string of the molecule is CC/C=C\C/C=C\C/C=C\C/C=C\C/C=C\C/C=C\CCCCC(=O)OC(/C=C\CCCCCCCCCCC)C(COP(=O)(O)OCC[N+](C)(C)C)NC(=O)CCCCCCCCCCCCCC/C=C\C/C=C\C/C=C\CCCCC. The molecule has 0 aromatic rings. The number of esters is 1. The number of carbonyl (C=O) groups is 2. The zero-order valence-corrected chi connectivity index (χ0v) is 55.3. The van der Waals surface area contributed by atoms with E-state index < -0.39 is 20.0 Å². The lowest BCUT2D eigenvalue weighted by Gasteiger charge is -2.27. The minimum Gasteiger partial charge on any atom is -0.456 e. The first-order valence-corrected chi connectivity index (χ1v) is 35.4. The summed E-state index contributed by atoms with van der Waals surface area (Å²) >= 11 is 0. The van der Waals surface area contributed by atoms with Crippen LogP contribution in [0.15, 0.2) is 122 Å². The minimum atomic E-state index is -4.47. The molecule has 476 valence electrons. The maximum absolute atomic E-state index is 13.6. The van der Waals surface area contributed by atoms with Gasteiger partial charge in [0.1, 0.15) is 19.3 Å². The van der Waals surface area contributed by atoms with E-state index in [-0.39, 0.29) is 31.5 Å². The zero-order chi connectivity index (χ0) is 60.7. The molecule has 0 aromatic heterocycles. The summed E-state index contributed by atoms with van der Waals surface area (Å²) in [5.74, 6) is -0.562. The standard InChI is InChI=1S/C73H127N2O7P/c1-7-10-13-16-19-22-25-27-29-31-33-35-36-37-38-40-41-43-45-47-50-53-56-59-62-65-72(76)74-70(69-81-83(78,79)80-68-67-75(4,5)6)71(64-61-58-55-52-49-24-21-18-15-12-9-3)82-73(77)66-63-60-57-54-51-48-46-44-42-39-34-32-30-28-26-23-20-17-14-11-8-2/h11,14,19-20,22-23,27-30,33-35,39,44,46,51,54,61,64,70-71H,7-10,12-13,15-18,21,24-26,31-32,36-38,40-43,45,47-50,52-53,55-60,62-63,65-69H2,1-6H3,(H-,74,76,78,79)/p+1/b14-11-,22-19-,23-20-,29-27-,30-28-,35-33-,39-34-,46-44-,54-51-,64-61-. The highest BCUT2D eigenvalue weighted by molar-refractivity contribution is 7.47. The fraction of sp³-hybridized carbons (Fsp3) is 0.699. The molecule has 0 rings (SSSR count). The number of likely N-dealkylation sites (N-methyl/N-ethyl adjacent to an activating group) is 1. The second-order valence-corrected chi connectivity index (χ2v) is 25.1. The van der Waals surface area contributed by atoms with Crippen molar-refractivity contribution in [1.82, 2.24) is 5.32 Å². The number of hydrogen-bond donors (Lipinski definition) is 2. The number of rotatable bonds is 60. The average Bonchev–Trinajstić information content (AvgIpc) is 3.51. The first kappa shape index (κ1) is 79.4. The summed E-state index contributed by atoms with van der Waals surface area (Å²) in [7, 11) is 1.46. The average molecular weight is 1180 g/mol. The van der Waals surface area contributed by atoms with Crippen molar-refractivity contribution in [1.29, 1.82) is 0 Å². The fourth-order valence-corrected chi connectivity index (χ4v) is 9.92. The third kappa shape index (κ3) is 62.8. The van der Waals surface area contributed by atoms with E-state index in [1.54, 1.807) is 0 Å². The van der Waals surface area contributed by atoms with Crippen LogP contribution in [0.3, 0.4) is 0 Å². The Morgan fingerprint density at radius 1 is 0.434 bits per heavy atom. The summed E-state index contributed by atoms with van der Waals surface area (Å²) in [4.78, 5) is 37.8. The summed E-state index contributed by atoms with van der Waals surface area (Å²) in [6.07, 6.45) is 86.4. The van der Waals surface area contributed by atoms with Crippen LogP contribution in [-0.2, 0) is 27.9 Å². The predicted octanol–water partition coefficient (Wildman–Crippen LogP) is 21.4. The van der Waals surface area contributed by atoms with E-state index in [2.05, 4.69) is 135 Å². The molecule has 0 spiro atoms. The van der Waals surface area contributed by atoms with Crippen LogP contribution < -0.4 is 5.32 Å². The highest BCUT2D eigenvalue weighted by Crippen LogP contribution is 2.43. The number of ether oxygens (including phenoxy) is 1. The summed E-state index contributed by atoms with van der Waals surface area (Å²) in [6, 6.07) is -0.876. The molecule has 0 aliphatic heterocycles. The Morgan fingerprint density at radius 3 is 1.19 bits per heavy atom. The molecule has 1 amide bonds. The van der Waals surface area contributed by atoms with Gasteiger partial charge in [-0.05, 0) is 122 Å². The molecule has 0 aliphatic rings. The molecular formula is C73H128N2O7P+. The van der Waals surface area contributed by atoms with Crippen molar-refractivity contribution in [3.05, 3.63) is 122 Å². The third-order valence-corrected chi connectivity index (χ3v) is 15.4. The van der Waals surface area contributed by atoms with E-state index in [4.69, 9.17) is 13.8 Å². The Balaban J connectivity index is 5.16. The monoisotopic (exact) mass is 1180 g/mol. The van der Waals surface area contributed by atoms with Gasteiger partial charge in [0.25, 0.3) is 0 Å². The van der Waals surface area contributed by atoms with Crippen molar-refractivity contribution in [2.75, 3.05) is 40.9 Å². The number of phosphoric acid groups is 1. The normalized spacial score (nSPS) is 14.3. The Kier molecular flexibility index (Phi) is 58.8. The van der Waals surface area contributed by atoms with E-state index in [1.165, 1.54) is 135 Å². The van der Waals surface area contributed by atoms with Gasteiger partial charge in [0.2, 0.25) is 5.91 Å². The first-order valence-electron chi connectivity index (χ1n) is 33.9. The molecule has 0 saturated heterocycles. The molecule has 0 fully saturated rings. The number of quaternary nitrogens is 1. The summed E-state index contributed by atoms with van der Waals surface area (Å²) in [6.45, 7) is 6.84. The van der Waals surface area contributed by atoms with Crippen LogP contribution in [0.1, 0.15) is 278 Å². The lowest BCUT2D eigenvalue weighted by molar-refractivity contribution is -0.870. The molecule has 2 N–H and O–H groups in total. The number of phosphoric ester groups is 1. The van der Waals surface area contributed by atoms with Gasteiger partial charge in [-0.1, -0.05) is 265 Å². The Labute approximate surface area is 512 Å². The molecular weight excluding hydrogens is 1050 g/mol. The van der Waals surface area contributed by atoms with Gasteiger partial charge in [-0.15, -0.1) is 0 Å². The van der Waals surface area contributed by atoms with Crippen molar-refractivity contribution in [2.45, 2.75) is 290 Å². The van der Waals surface area contributed by atoms with E-state index in [1.807, 2.05) is 33.3 Å². The number of carbonyl (C=O) groups excluding carboxylic acids is 2. The van der Waals surface area contributed by atoms with Gasteiger partial charge >= 0.3 is 13.8 Å². The predicted molar refractivity (Wildman–Crippen MR) is 360 cm³/mol. The van der Waals surface area contributed by atoms with Crippen molar-refractivity contribution in [2.24, 2.45) is 0 Å². The Hall–Kier alpha value is -3.59. The molecule has 0 bridgehead atoms. The lowest BCUT2D eigenvalue weighted by atomic mass is 10.0. The van der Waals surface area contributed by atoms with Crippen LogP contribution in [0.4, 0.5) is 0 Å². The van der Waals surface area contributed by atoms with Gasteiger partial charge < -0.3 is 19.4 Å². The van der Waals surface area contributed by atoms with Gasteiger partial charge in [-0.2, -0.15) is 0 Å².